The second kappa shape index (κ2) is 5.48. The van der Waals surface area contributed by atoms with Gasteiger partial charge in [-0.2, -0.15) is 17.0 Å². The monoisotopic (exact) mass is 315 g/mol. The van der Waals surface area contributed by atoms with Crippen molar-refractivity contribution in [1.82, 2.24) is 13.9 Å². The number of hydrogen-bond donors (Lipinski definition) is 1. The molecule has 2 heterocycles. The van der Waals surface area contributed by atoms with Crippen LogP contribution in [0.4, 0.5) is 0 Å². The molecule has 1 saturated carbocycles. The van der Waals surface area contributed by atoms with E-state index in [1.807, 2.05) is 0 Å². The molecule has 3 aliphatic rings. The highest BCUT2D eigenvalue weighted by Gasteiger charge is 2.55. The number of fused-ring (bicyclic) bond motifs is 1. The van der Waals surface area contributed by atoms with Crippen LogP contribution in [0.3, 0.4) is 0 Å². The topological polar surface area (TPSA) is 52.7 Å². The van der Waals surface area contributed by atoms with Crippen LogP contribution in [0.25, 0.3) is 0 Å². The third kappa shape index (κ3) is 2.54. The molecule has 0 aromatic heterocycles. The van der Waals surface area contributed by atoms with Gasteiger partial charge in [-0.3, -0.25) is 0 Å². The van der Waals surface area contributed by atoms with E-state index >= 15 is 0 Å². The zero-order valence-corrected chi connectivity index (χ0v) is 14.3. The van der Waals surface area contributed by atoms with Crippen molar-refractivity contribution < 1.29 is 8.42 Å². The first-order chi connectivity index (χ1) is 9.85. The van der Waals surface area contributed by atoms with E-state index in [4.69, 9.17) is 0 Å². The largest absolute Gasteiger partial charge is 0.316 e. The maximum Gasteiger partial charge on any atom is 0.282 e. The molecule has 1 aliphatic carbocycles. The predicted octanol–water partition coefficient (Wildman–Crippen LogP) is 1.43. The standard InChI is InChI=1S/C15H29N3O2S/c1-15(2)14-10-16-9-12(14)11-18(15)21(19,20)17(3)13-7-5-4-6-8-13/h12-14,16H,4-11H2,1-3H3. The van der Waals surface area contributed by atoms with E-state index in [0.717, 1.165) is 38.8 Å². The molecule has 0 aromatic rings. The summed E-state index contributed by atoms with van der Waals surface area (Å²) in [6, 6.07) is 0.193. The van der Waals surface area contributed by atoms with Crippen LogP contribution < -0.4 is 5.32 Å². The van der Waals surface area contributed by atoms with Gasteiger partial charge in [-0.15, -0.1) is 0 Å². The van der Waals surface area contributed by atoms with Crippen molar-refractivity contribution >= 4 is 10.2 Å². The minimum absolute atomic E-state index is 0.193. The Morgan fingerprint density at radius 3 is 2.43 bits per heavy atom. The molecule has 1 N–H and O–H groups in total. The number of hydrogen-bond acceptors (Lipinski definition) is 3. The van der Waals surface area contributed by atoms with Gasteiger partial charge in [0.1, 0.15) is 0 Å². The first-order valence-electron chi connectivity index (χ1n) is 8.31. The van der Waals surface area contributed by atoms with E-state index in [1.54, 1.807) is 15.7 Å². The summed E-state index contributed by atoms with van der Waals surface area (Å²) >= 11 is 0. The maximum absolute atomic E-state index is 13.1. The van der Waals surface area contributed by atoms with Gasteiger partial charge < -0.3 is 5.32 Å². The van der Waals surface area contributed by atoms with Gasteiger partial charge in [0.15, 0.2) is 0 Å². The Kier molecular flexibility index (Phi) is 4.10. The summed E-state index contributed by atoms with van der Waals surface area (Å²) in [4.78, 5) is 0. The van der Waals surface area contributed by atoms with Crippen molar-refractivity contribution in [3.63, 3.8) is 0 Å². The van der Waals surface area contributed by atoms with Crippen molar-refractivity contribution in [3.05, 3.63) is 0 Å². The second-order valence-corrected chi connectivity index (χ2v) is 9.44. The van der Waals surface area contributed by atoms with Gasteiger partial charge in [0.2, 0.25) is 0 Å². The summed E-state index contributed by atoms with van der Waals surface area (Å²) in [6.45, 7) is 6.75. The molecule has 2 atom stereocenters. The zero-order chi connectivity index (χ0) is 15.3. The molecule has 3 fully saturated rings. The third-order valence-electron chi connectivity index (χ3n) is 6.02. The molecular weight excluding hydrogens is 286 g/mol. The Bertz CT molecular complexity index is 485. The number of nitrogens with one attached hydrogen (secondary N) is 1. The summed E-state index contributed by atoms with van der Waals surface area (Å²) in [5.74, 6) is 0.904. The van der Waals surface area contributed by atoms with E-state index in [2.05, 4.69) is 19.2 Å². The lowest BCUT2D eigenvalue weighted by molar-refractivity contribution is 0.203. The fourth-order valence-corrected chi connectivity index (χ4v) is 6.57. The normalized spacial score (nSPS) is 34.5. The molecule has 2 aliphatic heterocycles. The zero-order valence-electron chi connectivity index (χ0n) is 13.5. The Balaban J connectivity index is 1.81. The van der Waals surface area contributed by atoms with Crippen molar-refractivity contribution in [3.8, 4) is 0 Å². The van der Waals surface area contributed by atoms with Gasteiger partial charge in [0, 0.05) is 31.7 Å². The lowest BCUT2D eigenvalue weighted by Crippen LogP contribution is -2.54. The Labute approximate surface area is 129 Å². The fraction of sp³-hybridized carbons (Fsp3) is 1.00. The lowest BCUT2D eigenvalue weighted by atomic mass is 9.85. The van der Waals surface area contributed by atoms with Gasteiger partial charge in [-0.05, 0) is 45.1 Å². The minimum atomic E-state index is -3.35. The maximum atomic E-state index is 13.1. The highest BCUT2D eigenvalue weighted by molar-refractivity contribution is 7.86. The van der Waals surface area contributed by atoms with Crippen LogP contribution in [0.1, 0.15) is 46.0 Å². The molecule has 0 bridgehead atoms. The molecule has 0 amide bonds. The van der Waals surface area contributed by atoms with Crippen LogP contribution in [0.2, 0.25) is 0 Å². The molecule has 5 nitrogen and oxygen atoms in total. The van der Waals surface area contributed by atoms with E-state index in [-0.39, 0.29) is 11.6 Å². The van der Waals surface area contributed by atoms with E-state index in [0.29, 0.717) is 18.4 Å². The summed E-state index contributed by atoms with van der Waals surface area (Å²) < 4.78 is 29.7. The van der Waals surface area contributed by atoms with Gasteiger partial charge in [-0.1, -0.05) is 19.3 Å². The van der Waals surface area contributed by atoms with Crippen molar-refractivity contribution in [1.29, 1.82) is 0 Å². The van der Waals surface area contributed by atoms with Crippen LogP contribution in [0.5, 0.6) is 0 Å². The SMILES string of the molecule is CN(C1CCCCC1)S(=O)(=O)N1CC2CNCC2C1(C)C. The molecule has 0 spiro atoms. The van der Waals surface area contributed by atoms with Crippen LogP contribution >= 0.6 is 0 Å². The van der Waals surface area contributed by atoms with Gasteiger partial charge in [0.05, 0.1) is 0 Å². The molecule has 122 valence electrons. The Morgan fingerprint density at radius 1 is 1.14 bits per heavy atom. The first-order valence-corrected chi connectivity index (χ1v) is 9.71. The first kappa shape index (κ1) is 15.7. The molecule has 2 saturated heterocycles. The predicted molar refractivity (Wildman–Crippen MR) is 84.2 cm³/mol. The fourth-order valence-electron chi connectivity index (χ4n) is 4.56. The summed E-state index contributed by atoms with van der Waals surface area (Å²) in [6.07, 6.45) is 5.58. The number of rotatable bonds is 3. The minimum Gasteiger partial charge on any atom is -0.316 e. The van der Waals surface area contributed by atoms with E-state index in [1.165, 1.54) is 6.42 Å². The molecule has 2 unspecified atom stereocenters. The van der Waals surface area contributed by atoms with Crippen molar-refractivity contribution in [2.75, 3.05) is 26.7 Å². The van der Waals surface area contributed by atoms with Crippen LogP contribution in [0, 0.1) is 11.8 Å². The average molecular weight is 315 g/mol. The van der Waals surface area contributed by atoms with Crippen molar-refractivity contribution in [2.24, 2.45) is 11.8 Å². The smallest absolute Gasteiger partial charge is 0.282 e. The Morgan fingerprint density at radius 2 is 1.81 bits per heavy atom. The summed E-state index contributed by atoms with van der Waals surface area (Å²) in [5, 5.41) is 3.41. The third-order valence-corrected chi connectivity index (χ3v) is 8.22. The molecule has 6 heteroatoms. The Hall–Kier alpha value is -0.170. The van der Waals surface area contributed by atoms with Gasteiger partial charge in [-0.25, -0.2) is 0 Å². The van der Waals surface area contributed by atoms with Crippen LogP contribution in [-0.4, -0.2) is 55.3 Å². The molecular formula is C15H29N3O2S. The van der Waals surface area contributed by atoms with E-state index in [9.17, 15) is 8.42 Å². The highest BCUT2D eigenvalue weighted by atomic mass is 32.2. The molecule has 0 aromatic carbocycles. The highest BCUT2D eigenvalue weighted by Crippen LogP contribution is 2.43. The van der Waals surface area contributed by atoms with Crippen LogP contribution in [-0.2, 0) is 10.2 Å². The average Bonchev–Trinajstić information content (AvgIpc) is 3.01. The number of nitrogens with zero attached hydrogens (tertiary/aromatic N) is 2. The van der Waals surface area contributed by atoms with Crippen molar-refractivity contribution in [2.45, 2.75) is 57.5 Å². The molecule has 3 rings (SSSR count). The van der Waals surface area contributed by atoms with E-state index < -0.39 is 10.2 Å². The van der Waals surface area contributed by atoms with Crippen LogP contribution in [0.15, 0.2) is 0 Å². The molecule has 21 heavy (non-hydrogen) atoms. The van der Waals surface area contributed by atoms with Gasteiger partial charge in [0.25, 0.3) is 10.2 Å². The molecule has 0 radical (unpaired) electrons. The summed E-state index contributed by atoms with van der Waals surface area (Å²) in [7, 11) is -1.56. The quantitative estimate of drug-likeness (QED) is 0.857. The lowest BCUT2D eigenvalue weighted by Gasteiger charge is -2.39. The van der Waals surface area contributed by atoms with Gasteiger partial charge >= 0.3 is 0 Å². The summed E-state index contributed by atoms with van der Waals surface area (Å²) in [5.41, 5.74) is -0.282. The second-order valence-electron chi connectivity index (χ2n) is 7.53.